The van der Waals surface area contributed by atoms with Crippen LogP contribution in [0.15, 0.2) is 65.3 Å². The Labute approximate surface area is 108 Å². The molecule has 0 amide bonds. The minimum Gasteiger partial charge on any atom is -0.256 e. The Balaban J connectivity index is 2.22. The van der Waals surface area contributed by atoms with Gasteiger partial charge in [-0.3, -0.25) is 4.98 Å². The van der Waals surface area contributed by atoms with Crippen LogP contribution in [-0.2, 0) is 0 Å². The Morgan fingerprint density at radius 1 is 0.882 bits per heavy atom. The molecular weight excluding hydrogens is 274 g/mol. The maximum absolute atomic E-state index is 4.38. The number of halogens is 1. The SMILES string of the molecule is Brc1ccccc1-c1ccc2cccnc2c1. The van der Waals surface area contributed by atoms with E-state index in [1.54, 1.807) is 0 Å². The van der Waals surface area contributed by atoms with E-state index < -0.39 is 0 Å². The summed E-state index contributed by atoms with van der Waals surface area (Å²) in [5.74, 6) is 0. The highest BCUT2D eigenvalue weighted by atomic mass is 79.9. The number of hydrogen-bond donors (Lipinski definition) is 0. The topological polar surface area (TPSA) is 12.9 Å². The molecule has 0 saturated heterocycles. The monoisotopic (exact) mass is 283 g/mol. The Morgan fingerprint density at radius 2 is 1.76 bits per heavy atom. The molecular formula is C15H10BrN. The zero-order valence-corrected chi connectivity index (χ0v) is 10.7. The third-order valence-corrected chi connectivity index (χ3v) is 3.48. The highest BCUT2D eigenvalue weighted by Crippen LogP contribution is 2.29. The molecule has 0 aliphatic carbocycles. The largest absolute Gasteiger partial charge is 0.256 e. The van der Waals surface area contributed by atoms with Crippen molar-refractivity contribution in [3.63, 3.8) is 0 Å². The quantitative estimate of drug-likeness (QED) is 0.633. The van der Waals surface area contributed by atoms with Gasteiger partial charge in [-0.15, -0.1) is 0 Å². The van der Waals surface area contributed by atoms with Gasteiger partial charge in [0.05, 0.1) is 5.52 Å². The predicted molar refractivity (Wildman–Crippen MR) is 74.9 cm³/mol. The van der Waals surface area contributed by atoms with E-state index in [9.17, 15) is 0 Å². The molecule has 0 aliphatic heterocycles. The molecule has 0 fully saturated rings. The molecule has 2 aromatic carbocycles. The van der Waals surface area contributed by atoms with E-state index in [4.69, 9.17) is 0 Å². The van der Waals surface area contributed by atoms with Gasteiger partial charge < -0.3 is 0 Å². The van der Waals surface area contributed by atoms with Gasteiger partial charge in [-0.05, 0) is 29.3 Å². The lowest BCUT2D eigenvalue weighted by Gasteiger charge is -2.05. The van der Waals surface area contributed by atoms with Gasteiger partial charge in [0.15, 0.2) is 0 Å². The summed E-state index contributed by atoms with van der Waals surface area (Å²) in [7, 11) is 0. The van der Waals surface area contributed by atoms with Crippen molar-refractivity contribution in [3.8, 4) is 11.1 Å². The van der Waals surface area contributed by atoms with Crippen LogP contribution in [-0.4, -0.2) is 4.98 Å². The number of rotatable bonds is 1. The normalized spacial score (nSPS) is 10.6. The molecule has 1 heterocycles. The number of nitrogens with zero attached hydrogens (tertiary/aromatic N) is 1. The lowest BCUT2D eigenvalue weighted by molar-refractivity contribution is 1.41. The van der Waals surface area contributed by atoms with Crippen molar-refractivity contribution in [2.45, 2.75) is 0 Å². The molecule has 0 bridgehead atoms. The molecule has 3 rings (SSSR count). The van der Waals surface area contributed by atoms with Crippen LogP contribution in [0.4, 0.5) is 0 Å². The van der Waals surface area contributed by atoms with Gasteiger partial charge >= 0.3 is 0 Å². The van der Waals surface area contributed by atoms with Gasteiger partial charge in [0.2, 0.25) is 0 Å². The Kier molecular flexibility index (Phi) is 2.65. The van der Waals surface area contributed by atoms with Crippen molar-refractivity contribution in [2.24, 2.45) is 0 Å². The fourth-order valence-electron chi connectivity index (χ4n) is 1.93. The summed E-state index contributed by atoms with van der Waals surface area (Å²) in [5.41, 5.74) is 3.41. The Hall–Kier alpha value is -1.67. The number of aromatic nitrogens is 1. The molecule has 0 radical (unpaired) electrons. The van der Waals surface area contributed by atoms with Gasteiger partial charge in [0.1, 0.15) is 0 Å². The van der Waals surface area contributed by atoms with Crippen LogP contribution in [0.25, 0.3) is 22.0 Å². The fourth-order valence-corrected chi connectivity index (χ4v) is 2.44. The summed E-state index contributed by atoms with van der Waals surface area (Å²) in [6.07, 6.45) is 1.83. The smallest absolute Gasteiger partial charge is 0.0708 e. The first-order valence-corrected chi connectivity index (χ1v) is 6.23. The van der Waals surface area contributed by atoms with Crippen LogP contribution >= 0.6 is 15.9 Å². The highest BCUT2D eigenvalue weighted by Gasteiger charge is 2.03. The molecule has 0 saturated carbocycles. The maximum Gasteiger partial charge on any atom is 0.0708 e. The fraction of sp³-hybridized carbons (Fsp3) is 0. The second-order valence-electron chi connectivity index (χ2n) is 3.89. The van der Waals surface area contributed by atoms with E-state index in [2.05, 4.69) is 57.3 Å². The lowest BCUT2D eigenvalue weighted by atomic mass is 10.0. The van der Waals surface area contributed by atoms with Crippen molar-refractivity contribution >= 4 is 26.8 Å². The minimum atomic E-state index is 1.03. The molecule has 0 unspecified atom stereocenters. The van der Waals surface area contributed by atoms with Crippen LogP contribution in [0.1, 0.15) is 0 Å². The predicted octanol–water partition coefficient (Wildman–Crippen LogP) is 4.66. The van der Waals surface area contributed by atoms with Crippen molar-refractivity contribution < 1.29 is 0 Å². The standard InChI is InChI=1S/C15H10BrN/c16-14-6-2-1-5-13(14)12-8-7-11-4-3-9-17-15(11)10-12/h1-10H. The van der Waals surface area contributed by atoms with Gasteiger partial charge in [-0.25, -0.2) is 0 Å². The molecule has 0 spiro atoms. The zero-order valence-electron chi connectivity index (χ0n) is 9.10. The highest BCUT2D eigenvalue weighted by molar-refractivity contribution is 9.10. The molecule has 82 valence electrons. The first-order chi connectivity index (χ1) is 8.34. The molecule has 1 aromatic heterocycles. The first kappa shape index (κ1) is 10.5. The molecule has 3 aromatic rings. The zero-order chi connectivity index (χ0) is 11.7. The third-order valence-electron chi connectivity index (χ3n) is 2.79. The van der Waals surface area contributed by atoms with Crippen molar-refractivity contribution in [2.75, 3.05) is 0 Å². The molecule has 17 heavy (non-hydrogen) atoms. The van der Waals surface area contributed by atoms with Crippen LogP contribution in [0.5, 0.6) is 0 Å². The van der Waals surface area contributed by atoms with E-state index in [1.165, 1.54) is 16.5 Å². The van der Waals surface area contributed by atoms with Crippen LogP contribution < -0.4 is 0 Å². The molecule has 2 heteroatoms. The van der Waals surface area contributed by atoms with E-state index in [-0.39, 0.29) is 0 Å². The second-order valence-corrected chi connectivity index (χ2v) is 4.75. The Bertz CT molecular complexity index is 676. The van der Waals surface area contributed by atoms with Gasteiger partial charge in [-0.2, -0.15) is 0 Å². The molecule has 0 atom stereocenters. The van der Waals surface area contributed by atoms with Crippen LogP contribution in [0, 0.1) is 0 Å². The number of hydrogen-bond acceptors (Lipinski definition) is 1. The average Bonchev–Trinajstić information content (AvgIpc) is 2.39. The van der Waals surface area contributed by atoms with Crippen LogP contribution in [0.3, 0.4) is 0 Å². The van der Waals surface area contributed by atoms with E-state index in [0.717, 1.165) is 9.99 Å². The summed E-state index contributed by atoms with van der Waals surface area (Å²) >= 11 is 3.58. The van der Waals surface area contributed by atoms with Crippen molar-refractivity contribution in [1.82, 2.24) is 4.98 Å². The maximum atomic E-state index is 4.38. The van der Waals surface area contributed by atoms with Crippen LogP contribution in [0.2, 0.25) is 0 Å². The average molecular weight is 284 g/mol. The lowest BCUT2D eigenvalue weighted by Crippen LogP contribution is -1.82. The number of pyridine rings is 1. The summed E-state index contributed by atoms with van der Waals surface area (Å²) in [5, 5.41) is 1.17. The summed E-state index contributed by atoms with van der Waals surface area (Å²) in [6.45, 7) is 0. The van der Waals surface area contributed by atoms with Gasteiger partial charge in [0.25, 0.3) is 0 Å². The molecule has 0 aliphatic rings. The summed E-state index contributed by atoms with van der Waals surface area (Å²) in [6, 6.07) is 18.6. The van der Waals surface area contributed by atoms with E-state index >= 15 is 0 Å². The first-order valence-electron chi connectivity index (χ1n) is 5.44. The summed E-state index contributed by atoms with van der Waals surface area (Å²) < 4.78 is 1.11. The number of benzene rings is 2. The van der Waals surface area contributed by atoms with E-state index in [0.29, 0.717) is 0 Å². The second kappa shape index (κ2) is 4.30. The van der Waals surface area contributed by atoms with Gasteiger partial charge in [0, 0.05) is 16.1 Å². The Morgan fingerprint density at radius 3 is 2.65 bits per heavy atom. The minimum absolute atomic E-state index is 1.03. The third kappa shape index (κ3) is 1.96. The number of fused-ring (bicyclic) bond motifs is 1. The van der Waals surface area contributed by atoms with E-state index in [1.807, 2.05) is 24.4 Å². The van der Waals surface area contributed by atoms with Crippen molar-refractivity contribution in [1.29, 1.82) is 0 Å². The molecule has 0 N–H and O–H groups in total. The van der Waals surface area contributed by atoms with Gasteiger partial charge in [-0.1, -0.05) is 52.3 Å². The summed E-state index contributed by atoms with van der Waals surface area (Å²) in [4.78, 5) is 4.38. The van der Waals surface area contributed by atoms with Crippen molar-refractivity contribution in [3.05, 3.63) is 65.3 Å². The molecule has 1 nitrogen and oxygen atoms in total.